The molecular weight excluding hydrogens is 1230 g/mol. The van der Waals surface area contributed by atoms with Gasteiger partial charge in [0.25, 0.3) is 0 Å². The number of aryl methyl sites for hydroxylation is 12. The maximum absolute atomic E-state index is 12.7. The van der Waals surface area contributed by atoms with Crippen LogP contribution in [0.2, 0.25) is 0 Å². The maximum Gasteiger partial charge on any atom is 0.341 e. The number of H-pyrrole nitrogens is 1. The molecule has 94 heavy (non-hydrogen) atoms. The number of carbonyl (C=O) groups is 2. The van der Waals surface area contributed by atoms with E-state index in [1.165, 1.54) is 11.6 Å². The first kappa shape index (κ1) is 72.5. The molecule has 4 aromatic carbocycles. The molecule has 0 radical (unpaired) electrons. The number of ether oxygens (including phenoxy) is 7. The van der Waals surface area contributed by atoms with Gasteiger partial charge < -0.3 is 52.9 Å². The lowest BCUT2D eigenvalue weighted by Crippen LogP contribution is -2.14. The van der Waals surface area contributed by atoms with Gasteiger partial charge in [-0.05, 0) is 175 Å². The van der Waals surface area contributed by atoms with Crippen LogP contribution in [0.25, 0.3) is 11.4 Å². The Balaban J connectivity index is 0.000000200. The number of nitrogens with zero attached hydrogens (tertiary/aromatic N) is 8. The molecule has 4 N–H and O–H groups in total. The molecule has 0 aliphatic carbocycles. The summed E-state index contributed by atoms with van der Waals surface area (Å²) in [6.45, 7) is 13.0. The van der Waals surface area contributed by atoms with Gasteiger partial charge in [-0.1, -0.05) is 48.5 Å². The Morgan fingerprint density at radius 1 is 0.543 bits per heavy atom. The monoisotopic (exact) mass is 1310 g/mol. The molecule has 9 rings (SSSR count). The molecule has 0 aliphatic rings. The number of hydrogen-bond acceptors (Lipinski definition) is 23. The number of aromatic amines is 1. The molecule has 0 aliphatic heterocycles. The van der Waals surface area contributed by atoms with E-state index in [9.17, 15) is 38.6 Å². The number of sulfone groups is 1. The normalized spacial score (nSPS) is 10.7. The van der Waals surface area contributed by atoms with Crippen molar-refractivity contribution in [2.45, 2.75) is 105 Å². The molecular formula is C69H79N9O15S. The second-order valence-corrected chi connectivity index (χ2v) is 22.9. The molecule has 9 aromatic rings. The largest absolute Gasteiger partial charge is 0.505 e. The molecule has 24 nitrogen and oxygen atoms in total. The van der Waals surface area contributed by atoms with E-state index in [1.54, 1.807) is 63.1 Å². The van der Waals surface area contributed by atoms with Crippen molar-refractivity contribution in [3.63, 3.8) is 0 Å². The summed E-state index contributed by atoms with van der Waals surface area (Å²) >= 11 is 0. The maximum atomic E-state index is 12.7. The lowest BCUT2D eigenvalue weighted by atomic mass is 9.98. The minimum absolute atomic E-state index is 0.0426. The van der Waals surface area contributed by atoms with Crippen LogP contribution in [0.1, 0.15) is 115 Å². The van der Waals surface area contributed by atoms with Crippen molar-refractivity contribution in [3.8, 4) is 63.6 Å². The minimum Gasteiger partial charge on any atom is -0.505 e. The summed E-state index contributed by atoms with van der Waals surface area (Å²) in [5, 5.41) is 53.5. The number of hydrogen-bond donors (Lipinski definition) is 4. The zero-order valence-corrected chi connectivity index (χ0v) is 55.6. The Bertz CT molecular complexity index is 4100. The minimum atomic E-state index is -3.48. The quantitative estimate of drug-likeness (QED) is 0.0408. The molecule has 0 amide bonds. The lowest BCUT2D eigenvalue weighted by Gasteiger charge is -2.15. The van der Waals surface area contributed by atoms with Gasteiger partial charge in [-0.2, -0.15) is 10.5 Å². The van der Waals surface area contributed by atoms with Gasteiger partial charge in [0, 0.05) is 18.4 Å². The van der Waals surface area contributed by atoms with Crippen LogP contribution in [-0.2, 0) is 70.7 Å². The number of rotatable bonds is 24. The fourth-order valence-electron chi connectivity index (χ4n) is 9.45. The van der Waals surface area contributed by atoms with Crippen molar-refractivity contribution in [3.05, 3.63) is 188 Å². The van der Waals surface area contributed by atoms with E-state index in [2.05, 4.69) is 52.7 Å². The van der Waals surface area contributed by atoms with Crippen molar-refractivity contribution >= 4 is 21.8 Å². The molecule has 0 saturated carbocycles. The number of tetrazole rings is 1. The molecule has 0 bridgehead atoms. The van der Waals surface area contributed by atoms with Gasteiger partial charge in [-0.3, -0.25) is 15.0 Å². The Hall–Kier alpha value is -10.6. The zero-order chi connectivity index (χ0) is 68.5. The summed E-state index contributed by atoms with van der Waals surface area (Å²) in [6.07, 6.45) is 6.21. The summed E-state index contributed by atoms with van der Waals surface area (Å²) in [5.74, 6) is 2.61. The first-order valence-corrected chi connectivity index (χ1v) is 31.9. The smallest absolute Gasteiger partial charge is 0.341 e. The topological polar surface area (TPSA) is 337 Å². The SMILES string of the molecule is CCOC(=O)c1c(CCc2ccc(OC)cc2)nc(C)c(O)c1-c1nn[nH]n1.CCOC(=O)c1c(CCc2ccc(OC)cc2)nc(C)c(O)c1C#N.CCOc1oc(CCc2ccc(OC)cc2)nc1C.COc1ccc(CCc2cc(S(C)(=O)=O)c(O)c(C)n2)cc1. The van der Waals surface area contributed by atoms with Crippen LogP contribution >= 0.6 is 0 Å². The van der Waals surface area contributed by atoms with Crippen molar-refractivity contribution < 1.29 is 70.9 Å². The molecule has 0 saturated heterocycles. The fraction of sp³-hybridized carbons (Fsp3) is 0.333. The van der Waals surface area contributed by atoms with Crippen LogP contribution in [0.3, 0.4) is 0 Å². The third-order valence-corrected chi connectivity index (χ3v) is 15.5. The molecule has 496 valence electrons. The third-order valence-electron chi connectivity index (χ3n) is 14.4. The Morgan fingerprint density at radius 3 is 1.38 bits per heavy atom. The number of aromatic hydroxyl groups is 3. The van der Waals surface area contributed by atoms with Gasteiger partial charge in [0.2, 0.25) is 5.82 Å². The van der Waals surface area contributed by atoms with Gasteiger partial charge in [-0.25, -0.2) is 23.0 Å². The third kappa shape index (κ3) is 20.2. The highest BCUT2D eigenvalue weighted by Crippen LogP contribution is 2.36. The number of carbonyl (C=O) groups excluding carboxylic acids is 2. The Morgan fingerprint density at radius 2 is 0.968 bits per heavy atom. The second kappa shape index (κ2) is 35.3. The predicted molar refractivity (Wildman–Crippen MR) is 349 cm³/mol. The van der Waals surface area contributed by atoms with Crippen LogP contribution in [-0.4, -0.2) is 131 Å². The van der Waals surface area contributed by atoms with Crippen LogP contribution in [0.15, 0.2) is 112 Å². The highest BCUT2D eigenvalue weighted by atomic mass is 32.2. The number of methoxy groups -OCH3 is 4. The summed E-state index contributed by atoms with van der Waals surface area (Å²) in [6, 6.07) is 34.3. The summed E-state index contributed by atoms with van der Waals surface area (Å²) < 4.78 is 65.1. The van der Waals surface area contributed by atoms with Gasteiger partial charge in [0.05, 0.1) is 87.9 Å². The van der Waals surface area contributed by atoms with Gasteiger partial charge >= 0.3 is 17.9 Å². The number of aromatic nitrogens is 8. The Kier molecular flexibility index (Phi) is 27.2. The van der Waals surface area contributed by atoms with Crippen LogP contribution in [0.4, 0.5) is 0 Å². The van der Waals surface area contributed by atoms with E-state index in [0.29, 0.717) is 78.8 Å². The summed E-state index contributed by atoms with van der Waals surface area (Å²) in [5.41, 5.74) is 8.14. The van der Waals surface area contributed by atoms with E-state index in [-0.39, 0.29) is 63.4 Å². The fourth-order valence-corrected chi connectivity index (χ4v) is 10.3. The van der Waals surface area contributed by atoms with E-state index < -0.39 is 21.8 Å². The predicted octanol–water partition coefficient (Wildman–Crippen LogP) is 10.7. The number of esters is 2. The van der Waals surface area contributed by atoms with Crippen molar-refractivity contribution in [2.75, 3.05) is 54.5 Å². The van der Waals surface area contributed by atoms with Gasteiger partial charge in [-0.15, -0.1) is 10.2 Å². The second-order valence-electron chi connectivity index (χ2n) is 20.9. The highest BCUT2D eigenvalue weighted by Gasteiger charge is 2.28. The van der Waals surface area contributed by atoms with E-state index >= 15 is 0 Å². The average molecular weight is 1310 g/mol. The number of pyridine rings is 3. The molecule has 0 atom stereocenters. The van der Waals surface area contributed by atoms with Crippen LogP contribution in [0, 0.1) is 39.0 Å². The first-order chi connectivity index (χ1) is 45.1. The zero-order valence-electron chi connectivity index (χ0n) is 54.8. The number of nitrogens with one attached hydrogen (secondary N) is 1. The lowest BCUT2D eigenvalue weighted by molar-refractivity contribution is 0.0514. The molecule has 5 heterocycles. The standard InChI is InChI=1S/C19H21N5O4.C19H20N2O4.C16H19NO4S.C15H19NO3/c1-4-28-19(26)15-14(10-7-12-5-8-13(27-3)9-6-12)20-11(2)17(25)16(15)18-21-23-24-22-18;1-4-25-19(23)17-15(11-20)18(22)12(2)21-16(17)10-7-13-5-8-14(24-3)9-6-13;1-11-16(18)15(22(3,19)20)10-13(17-11)7-4-12-5-8-14(21-2)9-6-12;1-4-18-15-11(2)16-14(19-15)10-7-12-5-8-13(17-3)9-6-12/h5-6,8-9,25H,4,7,10H2,1-3H3,(H,21,22,23,24);5-6,8-9,22H,4,7,10H2,1-3H3;5-6,8-10,18H,4,7H2,1-3H3;5-6,8-9H,4,7,10H2,1-3H3. The van der Waals surface area contributed by atoms with E-state index in [0.717, 1.165) is 76.8 Å². The van der Waals surface area contributed by atoms with Crippen molar-refractivity contribution in [1.29, 1.82) is 5.26 Å². The molecule has 25 heteroatoms. The average Bonchev–Trinajstić information content (AvgIpc) is 0.988. The van der Waals surface area contributed by atoms with Gasteiger partial charge in [0.15, 0.2) is 27.2 Å². The van der Waals surface area contributed by atoms with Gasteiger partial charge in [0.1, 0.15) is 56.5 Å². The summed E-state index contributed by atoms with van der Waals surface area (Å²) in [7, 11) is 3.02. The van der Waals surface area contributed by atoms with Crippen molar-refractivity contribution in [2.24, 2.45) is 0 Å². The van der Waals surface area contributed by atoms with E-state index in [1.807, 2.05) is 105 Å². The number of oxazole rings is 1. The highest BCUT2D eigenvalue weighted by molar-refractivity contribution is 7.90. The molecule has 0 spiro atoms. The molecule has 5 aromatic heterocycles. The Labute approximate surface area is 546 Å². The number of benzene rings is 4. The number of nitriles is 1. The van der Waals surface area contributed by atoms with Crippen LogP contribution < -0.4 is 23.7 Å². The van der Waals surface area contributed by atoms with E-state index in [4.69, 9.17) is 37.6 Å². The first-order valence-electron chi connectivity index (χ1n) is 30.0. The van der Waals surface area contributed by atoms with Crippen LogP contribution in [0.5, 0.6) is 46.2 Å². The summed E-state index contributed by atoms with van der Waals surface area (Å²) in [4.78, 5) is 42.2. The van der Waals surface area contributed by atoms with Crippen molar-refractivity contribution in [1.82, 2.24) is 40.6 Å². The molecule has 0 unspecified atom stereocenters. The molecule has 0 fully saturated rings.